The second kappa shape index (κ2) is 5.23. The fourth-order valence-corrected chi connectivity index (χ4v) is 3.45. The second-order valence-electron chi connectivity index (χ2n) is 4.56. The maximum absolute atomic E-state index is 11.8. The van der Waals surface area contributed by atoms with Gasteiger partial charge in [-0.05, 0) is 18.5 Å². The van der Waals surface area contributed by atoms with Gasteiger partial charge < -0.3 is 10.2 Å². The summed E-state index contributed by atoms with van der Waals surface area (Å²) in [6, 6.07) is 0.0648. The molecule has 2 fully saturated rings. The Morgan fingerprint density at radius 3 is 3.12 bits per heavy atom. The summed E-state index contributed by atoms with van der Waals surface area (Å²) in [6.45, 7) is 7.87. The zero-order chi connectivity index (χ0) is 11.5. The van der Waals surface area contributed by atoms with E-state index in [1.165, 1.54) is 24.8 Å². The molecule has 2 saturated heterocycles. The highest BCUT2D eigenvalue weighted by atomic mass is 32.2. The van der Waals surface area contributed by atoms with Crippen molar-refractivity contribution in [2.45, 2.75) is 37.6 Å². The van der Waals surface area contributed by atoms with Gasteiger partial charge in [0.15, 0.2) is 0 Å². The van der Waals surface area contributed by atoms with Crippen LogP contribution in [0.3, 0.4) is 0 Å². The zero-order valence-corrected chi connectivity index (χ0v) is 10.7. The molecule has 90 valence electrons. The summed E-state index contributed by atoms with van der Waals surface area (Å²) >= 11 is 1.84. The fourth-order valence-electron chi connectivity index (χ4n) is 2.19. The number of rotatable bonds is 5. The summed E-state index contributed by atoms with van der Waals surface area (Å²) in [6.07, 6.45) is 3.64. The topological polar surface area (TPSA) is 32.3 Å². The number of thioether (sulfide) groups is 1. The maximum atomic E-state index is 11.8. The number of carbonyl (C=O) groups is 1. The summed E-state index contributed by atoms with van der Waals surface area (Å²) in [5, 5.41) is 3.74. The summed E-state index contributed by atoms with van der Waals surface area (Å²) < 4.78 is 0. The van der Waals surface area contributed by atoms with Crippen LogP contribution in [0.25, 0.3) is 0 Å². The third-order valence-electron chi connectivity index (χ3n) is 3.14. The lowest BCUT2D eigenvalue weighted by Gasteiger charge is -2.50. The van der Waals surface area contributed by atoms with Crippen LogP contribution in [-0.4, -0.2) is 41.1 Å². The molecule has 1 N–H and O–H groups in total. The SMILES string of the molecule is C=C1CS[C@H]2C(NCCCCC)C(=O)N2C1. The van der Waals surface area contributed by atoms with E-state index in [0.717, 1.165) is 18.8 Å². The Bertz CT molecular complexity index is 293. The largest absolute Gasteiger partial charge is 0.323 e. The molecule has 16 heavy (non-hydrogen) atoms. The summed E-state index contributed by atoms with van der Waals surface area (Å²) in [5.41, 5.74) is 1.17. The average molecular weight is 240 g/mol. The summed E-state index contributed by atoms with van der Waals surface area (Å²) in [4.78, 5) is 13.8. The Morgan fingerprint density at radius 2 is 2.38 bits per heavy atom. The predicted molar refractivity (Wildman–Crippen MR) is 68.4 cm³/mol. The molecular formula is C12H20N2OS. The fraction of sp³-hybridized carbons (Fsp3) is 0.750. The highest BCUT2D eigenvalue weighted by molar-refractivity contribution is 8.00. The Balaban J connectivity index is 1.76. The molecule has 2 heterocycles. The first kappa shape index (κ1) is 12.0. The molecule has 0 saturated carbocycles. The van der Waals surface area contributed by atoms with E-state index < -0.39 is 0 Å². The first-order valence-electron chi connectivity index (χ1n) is 6.06. The van der Waals surface area contributed by atoms with E-state index in [0.29, 0.717) is 5.37 Å². The number of nitrogens with zero attached hydrogens (tertiary/aromatic N) is 1. The molecule has 1 unspecified atom stereocenters. The van der Waals surface area contributed by atoms with Crippen LogP contribution in [0.15, 0.2) is 12.2 Å². The third kappa shape index (κ3) is 2.28. The molecule has 0 spiro atoms. The standard InChI is InChI=1S/C12H20N2OS/c1-3-4-5-6-13-10-11(15)14-7-9(2)8-16-12(10)14/h10,12-13H,2-8H2,1H3/t10?,12-/m0/s1. The summed E-state index contributed by atoms with van der Waals surface area (Å²) in [5.74, 6) is 1.26. The molecular weight excluding hydrogens is 220 g/mol. The molecule has 0 aromatic heterocycles. The molecule has 0 aliphatic carbocycles. The summed E-state index contributed by atoms with van der Waals surface area (Å²) in [7, 11) is 0. The van der Waals surface area contributed by atoms with Gasteiger partial charge in [-0.25, -0.2) is 0 Å². The van der Waals surface area contributed by atoms with E-state index in [9.17, 15) is 4.79 Å². The van der Waals surface area contributed by atoms with E-state index >= 15 is 0 Å². The van der Waals surface area contributed by atoms with Crippen molar-refractivity contribution >= 4 is 17.7 Å². The van der Waals surface area contributed by atoms with Gasteiger partial charge in [0.25, 0.3) is 0 Å². The minimum Gasteiger partial charge on any atom is -0.323 e. The van der Waals surface area contributed by atoms with Crippen molar-refractivity contribution in [3.05, 3.63) is 12.2 Å². The van der Waals surface area contributed by atoms with E-state index in [1.54, 1.807) is 0 Å². The minimum absolute atomic E-state index is 0.0648. The van der Waals surface area contributed by atoms with E-state index in [2.05, 4.69) is 18.8 Å². The van der Waals surface area contributed by atoms with Crippen molar-refractivity contribution in [3.8, 4) is 0 Å². The number of hydrogen-bond acceptors (Lipinski definition) is 3. The average Bonchev–Trinajstić information content (AvgIpc) is 2.29. The number of amides is 1. The molecule has 3 nitrogen and oxygen atoms in total. The molecule has 0 bridgehead atoms. The third-order valence-corrected chi connectivity index (χ3v) is 4.58. The van der Waals surface area contributed by atoms with Crippen LogP contribution in [0, 0.1) is 0 Å². The van der Waals surface area contributed by atoms with Crippen LogP contribution >= 0.6 is 11.8 Å². The molecule has 1 amide bonds. The smallest absolute Gasteiger partial charge is 0.244 e. The van der Waals surface area contributed by atoms with Gasteiger partial charge in [-0.2, -0.15) is 0 Å². The van der Waals surface area contributed by atoms with Crippen LogP contribution < -0.4 is 5.32 Å². The van der Waals surface area contributed by atoms with Crippen LogP contribution in [0.1, 0.15) is 26.2 Å². The molecule has 2 atom stereocenters. The highest BCUT2D eigenvalue weighted by Crippen LogP contribution is 2.35. The van der Waals surface area contributed by atoms with E-state index in [-0.39, 0.29) is 11.9 Å². The van der Waals surface area contributed by atoms with Gasteiger partial charge >= 0.3 is 0 Å². The maximum Gasteiger partial charge on any atom is 0.244 e. The number of fused-ring (bicyclic) bond motifs is 1. The first-order valence-corrected chi connectivity index (χ1v) is 7.11. The van der Waals surface area contributed by atoms with Gasteiger partial charge in [0.1, 0.15) is 11.4 Å². The highest BCUT2D eigenvalue weighted by Gasteiger charge is 2.48. The lowest BCUT2D eigenvalue weighted by molar-refractivity contribution is -0.145. The van der Waals surface area contributed by atoms with Gasteiger partial charge in [0.2, 0.25) is 5.91 Å². The van der Waals surface area contributed by atoms with Gasteiger partial charge in [0, 0.05) is 12.3 Å². The molecule has 2 aliphatic rings. The molecule has 0 radical (unpaired) electrons. The molecule has 4 heteroatoms. The van der Waals surface area contributed by atoms with Gasteiger partial charge in [0.05, 0.1) is 0 Å². The number of β-lactam (4-membered cyclic amide) rings is 1. The quantitative estimate of drug-likeness (QED) is 0.450. The number of hydrogen-bond donors (Lipinski definition) is 1. The van der Waals surface area contributed by atoms with E-state index in [1.807, 2.05) is 16.7 Å². The Kier molecular flexibility index (Phi) is 3.92. The van der Waals surface area contributed by atoms with Crippen molar-refractivity contribution in [2.24, 2.45) is 0 Å². The number of nitrogens with one attached hydrogen (secondary N) is 1. The van der Waals surface area contributed by atoms with Crippen molar-refractivity contribution in [2.75, 3.05) is 18.8 Å². The van der Waals surface area contributed by atoms with Gasteiger partial charge in [-0.15, -0.1) is 11.8 Å². The van der Waals surface area contributed by atoms with Crippen molar-refractivity contribution < 1.29 is 4.79 Å². The molecule has 0 aromatic rings. The Hall–Kier alpha value is -0.480. The molecule has 2 rings (SSSR count). The van der Waals surface area contributed by atoms with Crippen LogP contribution in [-0.2, 0) is 4.79 Å². The van der Waals surface area contributed by atoms with Gasteiger partial charge in [-0.1, -0.05) is 26.3 Å². The van der Waals surface area contributed by atoms with Crippen molar-refractivity contribution in [3.63, 3.8) is 0 Å². The Labute approximate surface area is 102 Å². The zero-order valence-electron chi connectivity index (χ0n) is 9.87. The first-order chi connectivity index (χ1) is 7.74. The van der Waals surface area contributed by atoms with Crippen molar-refractivity contribution in [1.29, 1.82) is 0 Å². The van der Waals surface area contributed by atoms with Crippen LogP contribution in [0.4, 0.5) is 0 Å². The van der Waals surface area contributed by atoms with Crippen LogP contribution in [0.5, 0.6) is 0 Å². The Morgan fingerprint density at radius 1 is 1.56 bits per heavy atom. The second-order valence-corrected chi connectivity index (χ2v) is 5.66. The number of unbranched alkanes of at least 4 members (excludes halogenated alkanes) is 2. The number of carbonyl (C=O) groups excluding carboxylic acids is 1. The van der Waals surface area contributed by atoms with Crippen molar-refractivity contribution in [1.82, 2.24) is 10.2 Å². The van der Waals surface area contributed by atoms with Gasteiger partial charge in [-0.3, -0.25) is 4.79 Å². The molecule has 2 aliphatic heterocycles. The van der Waals surface area contributed by atoms with Crippen LogP contribution in [0.2, 0.25) is 0 Å². The predicted octanol–water partition coefficient (Wildman–Crippen LogP) is 1.61. The lowest BCUT2D eigenvalue weighted by Crippen LogP contribution is -2.70. The monoisotopic (exact) mass is 240 g/mol. The van der Waals surface area contributed by atoms with E-state index in [4.69, 9.17) is 0 Å². The lowest BCUT2D eigenvalue weighted by atomic mass is 10.1. The minimum atomic E-state index is 0.0648. The normalized spacial score (nSPS) is 28.9. The molecule has 0 aromatic carbocycles.